The number of anilines is 1. The first-order valence-electron chi connectivity index (χ1n) is 10.8. The van der Waals surface area contributed by atoms with Gasteiger partial charge in [0, 0.05) is 19.2 Å². The van der Waals surface area contributed by atoms with Crippen molar-refractivity contribution in [3.05, 3.63) is 95.3 Å². The Morgan fingerprint density at radius 2 is 1.58 bits per heavy atom. The second-order valence-corrected chi connectivity index (χ2v) is 8.07. The summed E-state index contributed by atoms with van der Waals surface area (Å²) in [4.78, 5) is 43.2. The zero-order chi connectivity index (χ0) is 22.9. The Kier molecular flexibility index (Phi) is 5.22. The van der Waals surface area contributed by atoms with Crippen LogP contribution in [0, 0.1) is 0 Å². The molecule has 5 rings (SSSR count). The molecule has 1 aliphatic heterocycles. The number of imide groups is 1. The van der Waals surface area contributed by atoms with Gasteiger partial charge in [-0.15, -0.1) is 0 Å². The number of para-hydroxylation sites is 2. The van der Waals surface area contributed by atoms with Gasteiger partial charge in [-0.2, -0.15) is 0 Å². The molecule has 0 fully saturated rings. The third-order valence-electron chi connectivity index (χ3n) is 5.91. The number of carbonyl (C=O) groups is 3. The van der Waals surface area contributed by atoms with E-state index in [1.165, 1.54) is 0 Å². The number of fused-ring (bicyclic) bond motifs is 2. The largest absolute Gasteiger partial charge is 0.331 e. The highest BCUT2D eigenvalue weighted by atomic mass is 16.2. The standard InChI is InChI=1S/C26H22N4O3/c1-29-22-12-5-4-11-21(22)28-23(29)14-13-17-7-6-8-18(15-17)27-24(31)16-30-25(32)19-9-2-3-10-20(19)26(30)33/h2-12,15H,13-14,16H2,1H3,(H,27,31). The normalized spacial score (nSPS) is 12.9. The van der Waals surface area contributed by atoms with Gasteiger partial charge >= 0.3 is 0 Å². The number of nitrogens with one attached hydrogen (secondary N) is 1. The minimum Gasteiger partial charge on any atom is -0.331 e. The third kappa shape index (κ3) is 3.89. The van der Waals surface area contributed by atoms with Gasteiger partial charge in [0.1, 0.15) is 12.4 Å². The first kappa shape index (κ1) is 20.6. The average Bonchev–Trinajstić information content (AvgIpc) is 3.27. The van der Waals surface area contributed by atoms with Gasteiger partial charge in [0.25, 0.3) is 11.8 Å². The van der Waals surface area contributed by atoms with Crippen molar-refractivity contribution in [3.8, 4) is 0 Å². The van der Waals surface area contributed by atoms with E-state index in [2.05, 4.69) is 16.0 Å². The molecule has 1 aromatic heterocycles. The average molecular weight is 438 g/mol. The fourth-order valence-electron chi connectivity index (χ4n) is 4.21. The number of nitrogens with zero attached hydrogens (tertiary/aromatic N) is 3. The molecule has 7 nitrogen and oxygen atoms in total. The van der Waals surface area contributed by atoms with Crippen LogP contribution in [0.4, 0.5) is 5.69 Å². The summed E-state index contributed by atoms with van der Waals surface area (Å²) in [7, 11) is 2.01. The topological polar surface area (TPSA) is 84.3 Å². The fourth-order valence-corrected chi connectivity index (χ4v) is 4.21. The van der Waals surface area contributed by atoms with Crippen molar-refractivity contribution in [2.45, 2.75) is 12.8 Å². The molecule has 0 radical (unpaired) electrons. The molecule has 7 heteroatoms. The predicted molar refractivity (Wildman–Crippen MR) is 125 cm³/mol. The zero-order valence-electron chi connectivity index (χ0n) is 18.1. The quantitative estimate of drug-likeness (QED) is 0.466. The Balaban J connectivity index is 1.23. The van der Waals surface area contributed by atoms with Crippen LogP contribution in [0.25, 0.3) is 11.0 Å². The molecule has 1 N–H and O–H groups in total. The number of aryl methyl sites for hydroxylation is 3. The number of carbonyl (C=O) groups excluding carboxylic acids is 3. The summed E-state index contributed by atoms with van der Waals surface area (Å²) in [5.41, 5.74) is 4.42. The maximum Gasteiger partial charge on any atom is 0.262 e. The molecule has 0 saturated carbocycles. The second-order valence-electron chi connectivity index (χ2n) is 8.07. The van der Waals surface area contributed by atoms with Crippen molar-refractivity contribution >= 4 is 34.4 Å². The SMILES string of the molecule is Cn1c(CCc2cccc(NC(=O)CN3C(=O)c4ccccc4C3=O)c2)nc2ccccc21. The lowest BCUT2D eigenvalue weighted by atomic mass is 10.1. The summed E-state index contributed by atoms with van der Waals surface area (Å²) >= 11 is 0. The number of benzene rings is 3. The molecular weight excluding hydrogens is 416 g/mol. The second kappa shape index (κ2) is 8.35. The van der Waals surface area contributed by atoms with Gasteiger partial charge in [-0.1, -0.05) is 36.4 Å². The van der Waals surface area contributed by atoms with Gasteiger partial charge in [0.15, 0.2) is 0 Å². The van der Waals surface area contributed by atoms with Crippen LogP contribution in [-0.4, -0.2) is 38.7 Å². The van der Waals surface area contributed by atoms with Crippen LogP contribution in [0.1, 0.15) is 32.1 Å². The first-order chi connectivity index (χ1) is 16.0. The van der Waals surface area contributed by atoms with Crippen molar-refractivity contribution in [1.29, 1.82) is 0 Å². The number of hydrogen-bond acceptors (Lipinski definition) is 4. The van der Waals surface area contributed by atoms with Crippen LogP contribution in [0.2, 0.25) is 0 Å². The van der Waals surface area contributed by atoms with Gasteiger partial charge < -0.3 is 9.88 Å². The maximum atomic E-state index is 12.6. The molecule has 0 aliphatic carbocycles. The molecule has 0 saturated heterocycles. The molecule has 0 unspecified atom stereocenters. The minimum absolute atomic E-state index is 0.323. The summed E-state index contributed by atoms with van der Waals surface area (Å²) in [5, 5.41) is 2.80. The van der Waals surface area contributed by atoms with Crippen molar-refractivity contribution in [3.63, 3.8) is 0 Å². The molecule has 2 heterocycles. The van der Waals surface area contributed by atoms with E-state index in [1.54, 1.807) is 30.3 Å². The van der Waals surface area contributed by atoms with E-state index in [0.29, 0.717) is 16.8 Å². The van der Waals surface area contributed by atoms with E-state index >= 15 is 0 Å². The number of hydrogen-bond donors (Lipinski definition) is 1. The Labute approximate surface area is 190 Å². The van der Waals surface area contributed by atoms with E-state index in [0.717, 1.165) is 40.2 Å². The van der Waals surface area contributed by atoms with Gasteiger partial charge in [-0.25, -0.2) is 4.98 Å². The summed E-state index contributed by atoms with van der Waals surface area (Å²) in [6, 6.07) is 22.2. The van der Waals surface area contributed by atoms with Gasteiger partial charge in [0.05, 0.1) is 22.2 Å². The minimum atomic E-state index is -0.443. The highest BCUT2D eigenvalue weighted by Gasteiger charge is 2.36. The monoisotopic (exact) mass is 438 g/mol. The molecular formula is C26H22N4O3. The highest BCUT2D eigenvalue weighted by Crippen LogP contribution is 2.22. The summed E-state index contributed by atoms with van der Waals surface area (Å²) in [6.45, 7) is -0.323. The Bertz CT molecular complexity index is 1370. The summed E-state index contributed by atoms with van der Waals surface area (Å²) < 4.78 is 2.10. The fraction of sp³-hybridized carbons (Fsp3) is 0.154. The van der Waals surface area contributed by atoms with E-state index in [1.807, 2.05) is 43.4 Å². The van der Waals surface area contributed by atoms with Crippen molar-refractivity contribution in [2.75, 3.05) is 11.9 Å². The Morgan fingerprint density at radius 3 is 2.30 bits per heavy atom. The predicted octanol–water partition coefficient (Wildman–Crippen LogP) is 3.59. The van der Waals surface area contributed by atoms with Crippen LogP contribution in [0.5, 0.6) is 0 Å². The van der Waals surface area contributed by atoms with Crippen LogP contribution < -0.4 is 5.32 Å². The van der Waals surface area contributed by atoms with Gasteiger partial charge in [-0.05, 0) is 48.4 Å². The Morgan fingerprint density at radius 1 is 0.879 bits per heavy atom. The van der Waals surface area contributed by atoms with Crippen LogP contribution in [0.15, 0.2) is 72.8 Å². The molecule has 3 aromatic carbocycles. The van der Waals surface area contributed by atoms with Crippen molar-refractivity contribution < 1.29 is 14.4 Å². The zero-order valence-corrected chi connectivity index (χ0v) is 18.1. The molecule has 0 spiro atoms. The smallest absolute Gasteiger partial charge is 0.262 e. The number of aromatic nitrogens is 2. The van der Waals surface area contributed by atoms with Crippen LogP contribution in [-0.2, 0) is 24.7 Å². The van der Waals surface area contributed by atoms with E-state index in [4.69, 9.17) is 4.98 Å². The number of imidazole rings is 1. The van der Waals surface area contributed by atoms with Crippen molar-refractivity contribution in [1.82, 2.24) is 14.5 Å². The lowest BCUT2D eigenvalue weighted by molar-refractivity contribution is -0.116. The molecule has 1 aliphatic rings. The summed E-state index contributed by atoms with van der Waals surface area (Å²) in [5.74, 6) is -0.308. The van der Waals surface area contributed by atoms with Gasteiger partial charge in [-0.3, -0.25) is 19.3 Å². The molecule has 33 heavy (non-hydrogen) atoms. The van der Waals surface area contributed by atoms with Crippen molar-refractivity contribution in [2.24, 2.45) is 7.05 Å². The first-order valence-corrected chi connectivity index (χ1v) is 10.8. The van der Waals surface area contributed by atoms with E-state index < -0.39 is 17.7 Å². The maximum absolute atomic E-state index is 12.6. The molecule has 3 amide bonds. The Hall–Kier alpha value is -4.26. The lowest BCUT2D eigenvalue weighted by Gasteiger charge is -2.14. The number of amides is 3. The van der Waals surface area contributed by atoms with Crippen LogP contribution in [0.3, 0.4) is 0 Å². The third-order valence-corrected chi connectivity index (χ3v) is 5.91. The summed E-state index contributed by atoms with van der Waals surface area (Å²) in [6.07, 6.45) is 1.52. The molecule has 164 valence electrons. The number of rotatable bonds is 6. The molecule has 0 bridgehead atoms. The van der Waals surface area contributed by atoms with Crippen LogP contribution >= 0.6 is 0 Å². The highest BCUT2D eigenvalue weighted by molar-refractivity contribution is 6.22. The molecule has 4 aromatic rings. The molecule has 0 atom stereocenters. The lowest BCUT2D eigenvalue weighted by Crippen LogP contribution is -2.37. The van der Waals surface area contributed by atoms with E-state index in [-0.39, 0.29) is 6.54 Å². The van der Waals surface area contributed by atoms with Gasteiger partial charge in [0.2, 0.25) is 5.91 Å². The van der Waals surface area contributed by atoms with E-state index in [9.17, 15) is 14.4 Å².